The molecule has 0 radical (unpaired) electrons. The molecule has 0 spiro atoms. The van der Waals surface area contributed by atoms with Crippen LogP contribution in [-0.4, -0.2) is 33.7 Å². The first-order valence-electron chi connectivity index (χ1n) is 13.1. The van der Waals surface area contributed by atoms with E-state index in [1.165, 1.54) is 11.0 Å². The molecule has 0 atom stereocenters. The molecule has 1 aliphatic heterocycles. The molecule has 1 fully saturated rings. The summed E-state index contributed by atoms with van der Waals surface area (Å²) < 4.78 is 13.2. The summed E-state index contributed by atoms with van der Waals surface area (Å²) in [6.07, 6.45) is 5.22. The van der Waals surface area contributed by atoms with Crippen LogP contribution < -0.4 is 26.0 Å². The second kappa shape index (κ2) is 10.1. The summed E-state index contributed by atoms with van der Waals surface area (Å²) >= 11 is 0. The third kappa shape index (κ3) is 5.10. The summed E-state index contributed by atoms with van der Waals surface area (Å²) in [6, 6.07) is 10.1. The predicted octanol–water partition coefficient (Wildman–Crippen LogP) is 3.62. The first kappa shape index (κ1) is 25.8. The smallest absolute Gasteiger partial charge is 0.332 e. The van der Waals surface area contributed by atoms with Gasteiger partial charge in [-0.1, -0.05) is 46.1 Å². The Hall–Kier alpha value is -3.88. The topological polar surface area (TPSA) is 109 Å². The molecule has 5 rings (SSSR count). The maximum absolute atomic E-state index is 13.7. The van der Waals surface area contributed by atoms with E-state index in [-0.39, 0.29) is 48.5 Å². The Morgan fingerprint density at radius 3 is 2.42 bits per heavy atom. The molecule has 1 amide bonds. The molecular formula is C29H33N3O6. The van der Waals surface area contributed by atoms with E-state index < -0.39 is 16.7 Å². The fraction of sp³-hybridized carbons (Fsp3) is 0.448. The summed E-state index contributed by atoms with van der Waals surface area (Å²) in [5.74, 6) is 0.746. The molecule has 0 bridgehead atoms. The molecule has 200 valence electrons. The molecule has 9 heteroatoms. The maximum Gasteiger partial charge on any atom is 0.332 e. The quantitative estimate of drug-likeness (QED) is 0.533. The normalized spacial score (nSPS) is 15.6. The number of carbonyl (C=O) groups is 2. The number of amides is 1. The Kier molecular flexibility index (Phi) is 6.86. The van der Waals surface area contributed by atoms with E-state index in [4.69, 9.17) is 9.47 Å². The van der Waals surface area contributed by atoms with Gasteiger partial charge in [0.2, 0.25) is 6.79 Å². The van der Waals surface area contributed by atoms with Crippen molar-refractivity contribution in [2.45, 2.75) is 72.0 Å². The molecular weight excluding hydrogens is 486 g/mol. The Balaban J connectivity index is 1.58. The minimum atomic E-state index is -0.694. The second-order valence-electron chi connectivity index (χ2n) is 11.2. The molecule has 38 heavy (non-hydrogen) atoms. The molecule has 3 aromatic rings. The zero-order chi connectivity index (χ0) is 27.0. The number of benzene rings is 2. The minimum absolute atomic E-state index is 0.00211. The number of rotatable bonds is 6. The summed E-state index contributed by atoms with van der Waals surface area (Å²) in [4.78, 5) is 53.3. The van der Waals surface area contributed by atoms with Gasteiger partial charge < -0.3 is 14.8 Å². The minimum Gasteiger partial charge on any atom is -0.454 e. The lowest BCUT2D eigenvalue weighted by Crippen LogP contribution is -2.42. The fourth-order valence-corrected chi connectivity index (χ4v) is 4.97. The fourth-order valence-electron chi connectivity index (χ4n) is 4.97. The first-order chi connectivity index (χ1) is 18.1. The number of carbonyl (C=O) groups excluding carboxylic acids is 2. The monoisotopic (exact) mass is 519 g/mol. The van der Waals surface area contributed by atoms with Crippen LogP contribution in [-0.2, 0) is 17.9 Å². The Labute approximate surface area is 220 Å². The predicted molar refractivity (Wildman–Crippen MR) is 143 cm³/mol. The van der Waals surface area contributed by atoms with Crippen LogP contribution in [0.5, 0.6) is 11.5 Å². The van der Waals surface area contributed by atoms with E-state index >= 15 is 0 Å². The summed E-state index contributed by atoms with van der Waals surface area (Å²) in [5.41, 5.74) is -0.475. The summed E-state index contributed by atoms with van der Waals surface area (Å²) in [5, 5.41) is 3.34. The number of fused-ring (bicyclic) bond motifs is 2. The molecule has 0 saturated heterocycles. The van der Waals surface area contributed by atoms with Crippen molar-refractivity contribution in [3.63, 3.8) is 0 Å². The van der Waals surface area contributed by atoms with Crippen molar-refractivity contribution in [3.05, 3.63) is 68.4 Å². The van der Waals surface area contributed by atoms with E-state index in [9.17, 15) is 19.2 Å². The van der Waals surface area contributed by atoms with E-state index in [1.54, 1.807) is 57.2 Å². The lowest BCUT2D eigenvalue weighted by molar-refractivity contribution is -0.126. The molecule has 2 heterocycles. The maximum atomic E-state index is 13.7. The van der Waals surface area contributed by atoms with Gasteiger partial charge in [-0.15, -0.1) is 0 Å². The lowest BCUT2D eigenvalue weighted by Gasteiger charge is -2.23. The van der Waals surface area contributed by atoms with Crippen molar-refractivity contribution in [1.82, 2.24) is 14.5 Å². The van der Waals surface area contributed by atoms with Gasteiger partial charge in [-0.05, 0) is 48.7 Å². The van der Waals surface area contributed by atoms with Crippen molar-refractivity contribution < 1.29 is 19.1 Å². The number of nitrogens with one attached hydrogen (secondary N) is 1. The van der Waals surface area contributed by atoms with Crippen molar-refractivity contribution in [1.29, 1.82) is 0 Å². The van der Waals surface area contributed by atoms with Crippen LogP contribution in [0.2, 0.25) is 0 Å². The summed E-state index contributed by atoms with van der Waals surface area (Å²) in [7, 11) is 0. The Morgan fingerprint density at radius 1 is 0.947 bits per heavy atom. The molecule has 1 aromatic heterocycles. The van der Waals surface area contributed by atoms with E-state index in [1.807, 2.05) is 0 Å². The van der Waals surface area contributed by atoms with Crippen molar-refractivity contribution >= 4 is 22.6 Å². The van der Waals surface area contributed by atoms with Gasteiger partial charge in [0, 0.05) is 17.0 Å². The Bertz CT molecular complexity index is 1520. The second-order valence-corrected chi connectivity index (χ2v) is 11.2. The van der Waals surface area contributed by atoms with E-state index in [0.717, 1.165) is 30.3 Å². The number of aromatic nitrogens is 2. The Morgan fingerprint density at radius 2 is 1.68 bits per heavy atom. The highest BCUT2D eigenvalue weighted by Crippen LogP contribution is 2.32. The van der Waals surface area contributed by atoms with Crippen LogP contribution in [0.15, 0.2) is 46.0 Å². The third-order valence-electron chi connectivity index (χ3n) is 7.34. The van der Waals surface area contributed by atoms with Gasteiger partial charge >= 0.3 is 5.69 Å². The molecule has 0 unspecified atom stereocenters. The first-order valence-corrected chi connectivity index (χ1v) is 13.1. The van der Waals surface area contributed by atoms with Crippen molar-refractivity contribution in [3.8, 4) is 11.5 Å². The number of ether oxygens (including phenoxy) is 2. The van der Waals surface area contributed by atoms with Crippen LogP contribution in [0.4, 0.5) is 0 Å². The van der Waals surface area contributed by atoms with E-state index in [2.05, 4.69) is 5.32 Å². The van der Waals surface area contributed by atoms with E-state index in [0.29, 0.717) is 22.6 Å². The van der Waals surface area contributed by atoms with Gasteiger partial charge in [-0.2, -0.15) is 0 Å². The number of hydrogen-bond donors (Lipinski definition) is 1. The van der Waals surface area contributed by atoms with Crippen LogP contribution >= 0.6 is 0 Å². The molecule has 1 N–H and O–H groups in total. The van der Waals surface area contributed by atoms with Crippen LogP contribution in [0.1, 0.15) is 68.8 Å². The SMILES string of the molecule is CC(C)(C)C(=O)Cn1c(=O)n(Cc2ccc3c(c2)OCO3)c(=O)c2ccc(C(=O)NC3CCCCC3)cc21. The highest BCUT2D eigenvalue weighted by atomic mass is 16.7. The molecule has 2 aromatic carbocycles. The highest BCUT2D eigenvalue weighted by Gasteiger charge is 2.25. The average molecular weight is 520 g/mol. The van der Waals surface area contributed by atoms with Crippen LogP contribution in [0.25, 0.3) is 10.9 Å². The van der Waals surface area contributed by atoms with Gasteiger partial charge in [0.25, 0.3) is 11.5 Å². The molecule has 9 nitrogen and oxygen atoms in total. The van der Waals surface area contributed by atoms with Crippen molar-refractivity contribution in [2.75, 3.05) is 6.79 Å². The van der Waals surface area contributed by atoms with Crippen LogP contribution in [0.3, 0.4) is 0 Å². The largest absolute Gasteiger partial charge is 0.454 e. The third-order valence-corrected chi connectivity index (χ3v) is 7.34. The summed E-state index contributed by atoms with van der Waals surface area (Å²) in [6.45, 7) is 5.26. The van der Waals surface area contributed by atoms with Crippen LogP contribution in [0, 0.1) is 5.41 Å². The number of ketones is 1. The van der Waals surface area contributed by atoms with Gasteiger partial charge in [0.1, 0.15) is 0 Å². The molecule has 2 aliphatic rings. The van der Waals surface area contributed by atoms with Gasteiger partial charge in [0.15, 0.2) is 17.3 Å². The van der Waals surface area contributed by atoms with Gasteiger partial charge in [-0.3, -0.25) is 23.5 Å². The zero-order valence-electron chi connectivity index (χ0n) is 22.0. The highest BCUT2D eigenvalue weighted by molar-refractivity contribution is 5.98. The van der Waals surface area contributed by atoms with Crippen molar-refractivity contribution in [2.24, 2.45) is 5.41 Å². The molecule has 1 saturated carbocycles. The molecule has 1 aliphatic carbocycles. The number of nitrogens with zero attached hydrogens (tertiary/aromatic N) is 2. The standard InChI is InChI=1S/C29H33N3O6/c1-29(2,3)25(33)16-31-22-14-19(26(34)30-20-7-5-4-6-8-20)10-11-21(22)27(35)32(28(31)36)15-18-9-12-23-24(13-18)38-17-37-23/h9-14,20H,4-8,15-17H2,1-3H3,(H,30,34). The zero-order valence-corrected chi connectivity index (χ0v) is 22.0. The van der Waals surface area contributed by atoms with Gasteiger partial charge in [-0.25, -0.2) is 4.79 Å². The average Bonchev–Trinajstić information content (AvgIpc) is 3.36. The number of hydrogen-bond acceptors (Lipinski definition) is 6. The number of Topliss-reactive ketones (excluding diaryl/α,β-unsaturated/α-hetero) is 1. The van der Waals surface area contributed by atoms with Gasteiger partial charge in [0.05, 0.1) is 24.0 Å². The lowest BCUT2D eigenvalue weighted by atomic mass is 9.91.